The number of carbonyl (C=O) groups excluding carboxylic acids is 1. The first kappa shape index (κ1) is 17.9. The summed E-state index contributed by atoms with van der Waals surface area (Å²) in [6.07, 6.45) is 3.67. The molecule has 1 fully saturated rings. The van der Waals surface area contributed by atoms with E-state index in [2.05, 4.69) is 23.7 Å². The topological polar surface area (TPSA) is 59.8 Å². The fraction of sp³-hybridized carbons (Fsp3) is 0.750. The Kier molecular flexibility index (Phi) is 5.78. The molecule has 0 N–H and O–H groups in total. The van der Waals surface area contributed by atoms with Crippen LogP contribution in [0.15, 0.2) is 12.5 Å². The fourth-order valence-corrected chi connectivity index (χ4v) is 2.80. The summed E-state index contributed by atoms with van der Waals surface area (Å²) in [4.78, 5) is 19.6. The highest BCUT2D eigenvalue weighted by Crippen LogP contribution is 2.22. The first-order valence-electron chi connectivity index (χ1n) is 7.90. The lowest BCUT2D eigenvalue weighted by Gasteiger charge is -2.42. The summed E-state index contributed by atoms with van der Waals surface area (Å²) in [5, 5.41) is 0. The van der Waals surface area contributed by atoms with E-state index in [1.165, 1.54) is 10.6 Å². The Morgan fingerprint density at radius 2 is 2.26 bits per heavy atom. The standard InChI is InChI=1S/C16H28N4O3/c1-16(2)11-20(7-13-6-17-12-19(13)5)8-14(23-16)9-22-10-15(21)18(3)4/h6,12,14H,7-11H2,1-5H3/t14-/m0/s1. The monoisotopic (exact) mass is 324 g/mol. The van der Waals surface area contributed by atoms with Gasteiger partial charge in [0.2, 0.25) is 5.91 Å². The predicted molar refractivity (Wildman–Crippen MR) is 87.0 cm³/mol. The van der Waals surface area contributed by atoms with Gasteiger partial charge in [-0.1, -0.05) is 0 Å². The van der Waals surface area contributed by atoms with Crippen LogP contribution in [0.5, 0.6) is 0 Å². The molecule has 0 aromatic carbocycles. The molecule has 1 aromatic heterocycles. The van der Waals surface area contributed by atoms with E-state index in [9.17, 15) is 4.79 Å². The zero-order valence-electron chi connectivity index (χ0n) is 14.8. The van der Waals surface area contributed by atoms with Crippen LogP contribution in [0.25, 0.3) is 0 Å². The maximum absolute atomic E-state index is 11.6. The average molecular weight is 324 g/mol. The minimum absolute atomic E-state index is 0.0354. The summed E-state index contributed by atoms with van der Waals surface area (Å²) in [7, 11) is 5.45. The first-order valence-corrected chi connectivity index (χ1v) is 7.90. The lowest BCUT2D eigenvalue weighted by molar-refractivity contribution is -0.161. The van der Waals surface area contributed by atoms with E-state index in [0.29, 0.717) is 6.61 Å². The van der Waals surface area contributed by atoms with Crippen LogP contribution < -0.4 is 0 Å². The molecule has 1 saturated heterocycles. The third-order valence-electron chi connectivity index (χ3n) is 3.88. The number of aromatic nitrogens is 2. The minimum Gasteiger partial charge on any atom is -0.369 e. The zero-order valence-corrected chi connectivity index (χ0v) is 14.8. The first-order chi connectivity index (χ1) is 10.8. The third kappa shape index (κ3) is 5.30. The summed E-state index contributed by atoms with van der Waals surface area (Å²) >= 11 is 0. The van der Waals surface area contributed by atoms with Crippen LogP contribution in [0, 0.1) is 0 Å². The van der Waals surface area contributed by atoms with Crippen molar-refractivity contribution < 1.29 is 14.3 Å². The van der Waals surface area contributed by atoms with Crippen molar-refractivity contribution in [3.05, 3.63) is 18.2 Å². The van der Waals surface area contributed by atoms with E-state index < -0.39 is 0 Å². The third-order valence-corrected chi connectivity index (χ3v) is 3.88. The van der Waals surface area contributed by atoms with Crippen LogP contribution in [0.4, 0.5) is 0 Å². The van der Waals surface area contributed by atoms with Crippen molar-refractivity contribution in [2.24, 2.45) is 7.05 Å². The van der Waals surface area contributed by atoms with Crippen molar-refractivity contribution in [3.63, 3.8) is 0 Å². The van der Waals surface area contributed by atoms with Gasteiger partial charge in [0.25, 0.3) is 0 Å². The number of nitrogens with zero attached hydrogens (tertiary/aromatic N) is 4. The normalized spacial score (nSPS) is 21.3. The van der Waals surface area contributed by atoms with Crippen molar-refractivity contribution in [1.29, 1.82) is 0 Å². The average Bonchev–Trinajstić information content (AvgIpc) is 2.82. The molecule has 0 radical (unpaired) electrons. The molecule has 0 aliphatic carbocycles. The molecule has 0 saturated carbocycles. The molecule has 2 heterocycles. The molecule has 1 aliphatic heterocycles. The fourth-order valence-electron chi connectivity index (χ4n) is 2.80. The van der Waals surface area contributed by atoms with Crippen LogP contribution in [-0.4, -0.2) is 77.4 Å². The summed E-state index contributed by atoms with van der Waals surface area (Å²) in [5.74, 6) is -0.0354. The van der Waals surface area contributed by atoms with Crippen molar-refractivity contribution in [2.45, 2.75) is 32.1 Å². The number of imidazole rings is 1. The Morgan fingerprint density at radius 3 is 2.87 bits per heavy atom. The number of morpholine rings is 1. The maximum Gasteiger partial charge on any atom is 0.248 e. The van der Waals surface area contributed by atoms with E-state index in [0.717, 1.165) is 19.6 Å². The molecule has 0 unspecified atom stereocenters. The maximum atomic E-state index is 11.6. The summed E-state index contributed by atoms with van der Waals surface area (Å²) in [5.41, 5.74) is 0.932. The molecule has 0 bridgehead atoms. The highest BCUT2D eigenvalue weighted by Gasteiger charge is 2.33. The molecule has 2 rings (SSSR count). The van der Waals surface area contributed by atoms with Gasteiger partial charge in [0.15, 0.2) is 0 Å². The Morgan fingerprint density at radius 1 is 1.52 bits per heavy atom. The second-order valence-corrected chi connectivity index (χ2v) is 6.97. The van der Waals surface area contributed by atoms with Gasteiger partial charge in [-0.15, -0.1) is 0 Å². The van der Waals surface area contributed by atoms with Gasteiger partial charge in [0.05, 0.1) is 30.3 Å². The Bertz CT molecular complexity index is 527. The molecule has 1 atom stereocenters. The molecule has 1 aromatic rings. The highest BCUT2D eigenvalue weighted by molar-refractivity contribution is 5.76. The number of amides is 1. The van der Waals surface area contributed by atoms with Crippen LogP contribution in [0.2, 0.25) is 0 Å². The Labute approximate surface area is 138 Å². The summed E-state index contributed by atoms with van der Waals surface area (Å²) < 4.78 is 13.6. The molecule has 0 spiro atoms. The van der Waals surface area contributed by atoms with Crippen molar-refractivity contribution in [2.75, 3.05) is 40.4 Å². The van der Waals surface area contributed by atoms with Gasteiger partial charge in [-0.25, -0.2) is 4.98 Å². The number of carbonyl (C=O) groups is 1. The second-order valence-electron chi connectivity index (χ2n) is 6.97. The van der Waals surface area contributed by atoms with Gasteiger partial charge in [0, 0.05) is 47.0 Å². The Balaban J connectivity index is 1.88. The zero-order chi connectivity index (χ0) is 17.0. The quantitative estimate of drug-likeness (QED) is 0.763. The molecule has 1 amide bonds. The van der Waals surface area contributed by atoms with Crippen LogP contribution in [-0.2, 0) is 27.9 Å². The van der Waals surface area contributed by atoms with Crippen LogP contribution in [0.1, 0.15) is 19.5 Å². The molecular formula is C16H28N4O3. The van der Waals surface area contributed by atoms with E-state index >= 15 is 0 Å². The largest absolute Gasteiger partial charge is 0.369 e. The predicted octanol–water partition coefficient (Wildman–Crippen LogP) is 0.504. The SMILES string of the molecule is CN(C)C(=O)COC[C@@H]1CN(Cc2cncn2C)CC(C)(C)O1. The van der Waals surface area contributed by atoms with Gasteiger partial charge in [-0.05, 0) is 13.8 Å². The number of rotatable bonds is 6. The molecule has 130 valence electrons. The molecule has 7 heteroatoms. The molecule has 1 aliphatic rings. The Hall–Kier alpha value is -1.44. The van der Waals surface area contributed by atoms with Crippen LogP contribution in [0.3, 0.4) is 0 Å². The smallest absolute Gasteiger partial charge is 0.248 e. The molecular weight excluding hydrogens is 296 g/mol. The van der Waals surface area contributed by atoms with Crippen LogP contribution >= 0.6 is 0 Å². The number of aryl methyl sites for hydroxylation is 1. The number of ether oxygens (including phenoxy) is 2. The highest BCUT2D eigenvalue weighted by atomic mass is 16.5. The van der Waals surface area contributed by atoms with Crippen molar-refractivity contribution in [1.82, 2.24) is 19.4 Å². The number of hydrogen-bond acceptors (Lipinski definition) is 5. The number of likely N-dealkylation sites (N-methyl/N-ethyl adjacent to an activating group) is 1. The van der Waals surface area contributed by atoms with Crippen molar-refractivity contribution in [3.8, 4) is 0 Å². The van der Waals surface area contributed by atoms with E-state index in [1.54, 1.807) is 14.1 Å². The van der Waals surface area contributed by atoms with Gasteiger partial charge >= 0.3 is 0 Å². The van der Waals surface area contributed by atoms with Gasteiger partial charge < -0.3 is 18.9 Å². The van der Waals surface area contributed by atoms with Crippen molar-refractivity contribution >= 4 is 5.91 Å². The van der Waals surface area contributed by atoms with E-state index in [4.69, 9.17) is 9.47 Å². The molecule has 7 nitrogen and oxygen atoms in total. The lowest BCUT2D eigenvalue weighted by Crippen LogP contribution is -2.53. The molecule has 23 heavy (non-hydrogen) atoms. The van der Waals surface area contributed by atoms with Gasteiger partial charge in [0.1, 0.15) is 6.61 Å². The van der Waals surface area contributed by atoms with Gasteiger partial charge in [-0.3, -0.25) is 9.69 Å². The number of hydrogen-bond donors (Lipinski definition) is 0. The van der Waals surface area contributed by atoms with E-state index in [-0.39, 0.29) is 24.2 Å². The minimum atomic E-state index is -0.240. The van der Waals surface area contributed by atoms with Gasteiger partial charge in [-0.2, -0.15) is 0 Å². The summed E-state index contributed by atoms with van der Waals surface area (Å²) in [6.45, 7) is 7.15. The lowest BCUT2D eigenvalue weighted by atomic mass is 10.1. The summed E-state index contributed by atoms with van der Waals surface area (Å²) in [6, 6.07) is 0. The van der Waals surface area contributed by atoms with E-state index in [1.807, 2.05) is 24.1 Å². The second kappa shape index (κ2) is 7.42.